The van der Waals surface area contributed by atoms with Crippen LogP contribution in [0.3, 0.4) is 0 Å². The Morgan fingerprint density at radius 3 is 2.60 bits per heavy atom. The maximum absolute atomic E-state index is 11.6. The van der Waals surface area contributed by atoms with Gasteiger partial charge in [0, 0.05) is 28.2 Å². The normalized spacial score (nSPS) is 10.8. The highest BCUT2D eigenvalue weighted by atomic mass is 79.9. The number of phenols is 2. The van der Waals surface area contributed by atoms with Crippen LogP contribution in [0.1, 0.15) is 0 Å². The molecular formula is C15H9BrO4. The molecule has 0 atom stereocenters. The second kappa shape index (κ2) is 4.68. The number of rotatable bonds is 1. The first-order valence-electron chi connectivity index (χ1n) is 5.80. The summed E-state index contributed by atoms with van der Waals surface area (Å²) in [6.45, 7) is 0. The predicted octanol–water partition coefficient (Wildman–Crippen LogP) is 3.63. The Morgan fingerprint density at radius 1 is 1.05 bits per heavy atom. The van der Waals surface area contributed by atoms with E-state index in [1.807, 2.05) is 24.3 Å². The second-order valence-corrected chi connectivity index (χ2v) is 5.24. The third-order valence-electron chi connectivity index (χ3n) is 2.94. The van der Waals surface area contributed by atoms with E-state index in [1.165, 1.54) is 18.2 Å². The lowest BCUT2D eigenvalue weighted by atomic mass is 10.0. The van der Waals surface area contributed by atoms with Crippen LogP contribution < -0.4 is 5.63 Å². The van der Waals surface area contributed by atoms with Gasteiger partial charge in [-0.1, -0.05) is 28.1 Å². The van der Waals surface area contributed by atoms with Gasteiger partial charge in [0.2, 0.25) is 0 Å². The molecular weight excluding hydrogens is 324 g/mol. The molecule has 100 valence electrons. The van der Waals surface area contributed by atoms with E-state index in [0.717, 1.165) is 10.0 Å². The van der Waals surface area contributed by atoms with Crippen molar-refractivity contribution in [1.29, 1.82) is 0 Å². The summed E-state index contributed by atoms with van der Waals surface area (Å²) in [4.78, 5) is 11.6. The van der Waals surface area contributed by atoms with Crippen molar-refractivity contribution in [3.8, 4) is 22.6 Å². The maximum Gasteiger partial charge on any atom is 0.336 e. The van der Waals surface area contributed by atoms with Crippen LogP contribution in [0.4, 0.5) is 0 Å². The zero-order valence-corrected chi connectivity index (χ0v) is 11.7. The molecule has 3 aromatic rings. The first kappa shape index (κ1) is 12.7. The Kier molecular flexibility index (Phi) is 2.99. The molecule has 0 saturated heterocycles. The van der Waals surface area contributed by atoms with Gasteiger partial charge in [0.25, 0.3) is 0 Å². The Hall–Kier alpha value is -2.27. The van der Waals surface area contributed by atoms with E-state index < -0.39 is 5.63 Å². The van der Waals surface area contributed by atoms with Crippen molar-refractivity contribution in [2.24, 2.45) is 0 Å². The summed E-state index contributed by atoms with van der Waals surface area (Å²) < 4.78 is 5.88. The minimum atomic E-state index is -0.544. The predicted molar refractivity (Wildman–Crippen MR) is 78.9 cm³/mol. The number of halogens is 1. The van der Waals surface area contributed by atoms with Gasteiger partial charge >= 0.3 is 5.63 Å². The van der Waals surface area contributed by atoms with Crippen molar-refractivity contribution in [3.63, 3.8) is 0 Å². The molecule has 0 aliphatic carbocycles. The van der Waals surface area contributed by atoms with Gasteiger partial charge in [0.1, 0.15) is 17.1 Å². The Labute approximate surface area is 122 Å². The fraction of sp³-hybridized carbons (Fsp3) is 0. The maximum atomic E-state index is 11.6. The summed E-state index contributed by atoms with van der Waals surface area (Å²) >= 11 is 3.37. The molecule has 5 heteroatoms. The Balaban J connectivity index is 2.44. The molecule has 2 aromatic carbocycles. The van der Waals surface area contributed by atoms with Gasteiger partial charge in [0.15, 0.2) is 0 Å². The summed E-state index contributed by atoms with van der Waals surface area (Å²) in [7, 11) is 0. The van der Waals surface area contributed by atoms with Gasteiger partial charge < -0.3 is 14.6 Å². The van der Waals surface area contributed by atoms with Crippen molar-refractivity contribution in [2.75, 3.05) is 0 Å². The summed E-state index contributed by atoms with van der Waals surface area (Å²) in [6.07, 6.45) is 0. The van der Waals surface area contributed by atoms with Crippen LogP contribution >= 0.6 is 15.9 Å². The number of hydrogen-bond donors (Lipinski definition) is 2. The van der Waals surface area contributed by atoms with E-state index in [1.54, 1.807) is 0 Å². The minimum absolute atomic E-state index is 0.140. The highest BCUT2D eigenvalue weighted by Gasteiger charge is 2.13. The molecule has 4 nitrogen and oxygen atoms in total. The highest BCUT2D eigenvalue weighted by Crippen LogP contribution is 2.36. The average Bonchev–Trinajstić information content (AvgIpc) is 2.36. The molecule has 3 rings (SSSR count). The smallest absolute Gasteiger partial charge is 0.336 e. The topological polar surface area (TPSA) is 70.7 Å². The first-order chi connectivity index (χ1) is 9.54. The zero-order valence-electron chi connectivity index (χ0n) is 10.1. The number of phenolic OH excluding ortho intramolecular Hbond substituents is 2. The minimum Gasteiger partial charge on any atom is -0.508 e. The number of benzene rings is 2. The third-order valence-corrected chi connectivity index (χ3v) is 3.44. The molecule has 0 bridgehead atoms. The van der Waals surface area contributed by atoms with E-state index in [2.05, 4.69) is 15.9 Å². The molecule has 0 aliphatic heterocycles. The van der Waals surface area contributed by atoms with Crippen LogP contribution in [0.15, 0.2) is 56.1 Å². The molecule has 0 spiro atoms. The number of hydrogen-bond acceptors (Lipinski definition) is 4. The van der Waals surface area contributed by atoms with Crippen molar-refractivity contribution >= 4 is 26.9 Å². The van der Waals surface area contributed by atoms with Gasteiger partial charge in [0.05, 0.1) is 5.39 Å². The van der Waals surface area contributed by atoms with Crippen molar-refractivity contribution in [1.82, 2.24) is 0 Å². The van der Waals surface area contributed by atoms with Gasteiger partial charge in [-0.05, 0) is 17.7 Å². The van der Waals surface area contributed by atoms with Crippen molar-refractivity contribution in [3.05, 3.63) is 57.4 Å². The standard InChI is InChI=1S/C15H9BrO4/c16-9-3-1-2-8(4-9)11-7-14(19)20-13-6-10(17)5-12(18)15(11)13/h1-7,17-18H. The number of aromatic hydroxyl groups is 2. The molecule has 20 heavy (non-hydrogen) atoms. The monoisotopic (exact) mass is 332 g/mol. The lowest BCUT2D eigenvalue weighted by molar-refractivity contribution is 0.451. The Bertz CT molecular complexity index is 867. The molecule has 0 unspecified atom stereocenters. The van der Waals surface area contributed by atoms with E-state index in [4.69, 9.17) is 4.42 Å². The largest absolute Gasteiger partial charge is 0.508 e. The fourth-order valence-electron chi connectivity index (χ4n) is 2.15. The Morgan fingerprint density at radius 2 is 1.85 bits per heavy atom. The van der Waals surface area contributed by atoms with Crippen LogP contribution in [-0.2, 0) is 0 Å². The molecule has 2 N–H and O–H groups in total. The zero-order chi connectivity index (χ0) is 14.3. The van der Waals surface area contributed by atoms with Gasteiger partial charge in [-0.2, -0.15) is 0 Å². The summed E-state index contributed by atoms with van der Waals surface area (Å²) in [5.74, 6) is -0.303. The first-order valence-corrected chi connectivity index (χ1v) is 6.59. The second-order valence-electron chi connectivity index (χ2n) is 4.33. The van der Waals surface area contributed by atoms with Crippen LogP contribution in [-0.4, -0.2) is 10.2 Å². The SMILES string of the molecule is O=c1cc(-c2cccc(Br)c2)c2c(O)cc(O)cc2o1. The summed E-state index contributed by atoms with van der Waals surface area (Å²) in [5.41, 5.74) is 0.913. The molecule has 0 saturated carbocycles. The lowest BCUT2D eigenvalue weighted by Crippen LogP contribution is -1.98. The van der Waals surface area contributed by atoms with Crippen LogP contribution in [0.5, 0.6) is 11.5 Å². The van der Waals surface area contributed by atoms with E-state index in [-0.39, 0.29) is 17.1 Å². The van der Waals surface area contributed by atoms with Crippen LogP contribution in [0.25, 0.3) is 22.1 Å². The molecule has 0 aliphatic rings. The van der Waals surface area contributed by atoms with Crippen molar-refractivity contribution < 1.29 is 14.6 Å². The molecule has 0 radical (unpaired) electrons. The molecule has 0 fully saturated rings. The molecule has 0 amide bonds. The molecule has 1 heterocycles. The lowest BCUT2D eigenvalue weighted by Gasteiger charge is -2.08. The van der Waals surface area contributed by atoms with Gasteiger partial charge in [-0.15, -0.1) is 0 Å². The number of fused-ring (bicyclic) bond motifs is 1. The molecule has 1 aromatic heterocycles. The van der Waals surface area contributed by atoms with Gasteiger partial charge in [-0.3, -0.25) is 0 Å². The van der Waals surface area contributed by atoms with Crippen LogP contribution in [0.2, 0.25) is 0 Å². The highest BCUT2D eigenvalue weighted by molar-refractivity contribution is 9.10. The fourth-order valence-corrected chi connectivity index (χ4v) is 2.55. The van der Waals surface area contributed by atoms with E-state index in [0.29, 0.717) is 10.9 Å². The van der Waals surface area contributed by atoms with E-state index in [9.17, 15) is 15.0 Å². The third kappa shape index (κ3) is 2.16. The van der Waals surface area contributed by atoms with E-state index >= 15 is 0 Å². The summed E-state index contributed by atoms with van der Waals surface area (Å²) in [6, 6.07) is 11.2. The van der Waals surface area contributed by atoms with Crippen LogP contribution in [0, 0.1) is 0 Å². The quantitative estimate of drug-likeness (QED) is 0.667. The van der Waals surface area contributed by atoms with Crippen molar-refractivity contribution in [2.45, 2.75) is 0 Å². The average molecular weight is 333 g/mol. The summed E-state index contributed by atoms with van der Waals surface area (Å²) in [5, 5.41) is 19.9. The van der Waals surface area contributed by atoms with Gasteiger partial charge in [-0.25, -0.2) is 4.79 Å².